The van der Waals surface area contributed by atoms with Crippen LogP contribution in [0.5, 0.6) is 5.75 Å². The molecule has 4 heteroatoms. The highest BCUT2D eigenvalue weighted by Crippen LogP contribution is 2.26. The molecule has 1 atom stereocenters. The predicted octanol–water partition coefficient (Wildman–Crippen LogP) is 2.65. The number of methoxy groups -OCH3 is 1. The summed E-state index contributed by atoms with van der Waals surface area (Å²) < 4.78 is 23.7. The molecule has 17 heavy (non-hydrogen) atoms. The fourth-order valence-corrected chi connectivity index (χ4v) is 1.61. The molecule has 0 amide bonds. The van der Waals surface area contributed by atoms with Crippen molar-refractivity contribution in [2.45, 2.75) is 25.8 Å². The van der Waals surface area contributed by atoms with Gasteiger partial charge in [-0.05, 0) is 31.0 Å². The van der Waals surface area contributed by atoms with Gasteiger partial charge in [0.05, 0.1) is 7.11 Å². The molecule has 0 bridgehead atoms. The first-order valence-corrected chi connectivity index (χ1v) is 5.85. The predicted molar refractivity (Wildman–Crippen MR) is 65.6 cm³/mol. The molecule has 0 aromatic heterocycles. The highest BCUT2D eigenvalue weighted by molar-refractivity contribution is 5.36. The molecule has 0 spiro atoms. The van der Waals surface area contributed by atoms with Crippen LogP contribution in [0.4, 0.5) is 4.39 Å². The Hall–Kier alpha value is -1.13. The molecule has 3 nitrogen and oxygen atoms in total. The lowest BCUT2D eigenvalue weighted by molar-refractivity contribution is 0.127. The van der Waals surface area contributed by atoms with Crippen molar-refractivity contribution < 1.29 is 13.9 Å². The third-order valence-corrected chi connectivity index (χ3v) is 2.51. The van der Waals surface area contributed by atoms with Crippen LogP contribution in [-0.2, 0) is 4.74 Å². The lowest BCUT2D eigenvalue weighted by Crippen LogP contribution is -2.14. The summed E-state index contributed by atoms with van der Waals surface area (Å²) in [5.74, 6) is 0.320. The summed E-state index contributed by atoms with van der Waals surface area (Å²) in [6, 6.07) is 4.11. The molecule has 1 unspecified atom stereocenters. The van der Waals surface area contributed by atoms with Crippen molar-refractivity contribution in [3.8, 4) is 5.75 Å². The SMILES string of the molecule is CCCOCCC(N)c1cc(F)ccc1OC. The summed E-state index contributed by atoms with van der Waals surface area (Å²) in [4.78, 5) is 0. The molecule has 0 radical (unpaired) electrons. The third kappa shape index (κ3) is 4.32. The summed E-state index contributed by atoms with van der Waals surface area (Å²) in [6.45, 7) is 3.36. The maximum absolute atomic E-state index is 13.1. The summed E-state index contributed by atoms with van der Waals surface area (Å²) in [5, 5.41) is 0. The first kappa shape index (κ1) is 13.9. The van der Waals surface area contributed by atoms with Gasteiger partial charge < -0.3 is 15.2 Å². The Morgan fingerprint density at radius 2 is 2.12 bits per heavy atom. The van der Waals surface area contributed by atoms with E-state index in [-0.39, 0.29) is 11.9 Å². The monoisotopic (exact) mass is 241 g/mol. The van der Waals surface area contributed by atoms with Gasteiger partial charge in [-0.2, -0.15) is 0 Å². The molecule has 1 aromatic carbocycles. The molecular formula is C13H20FNO2. The van der Waals surface area contributed by atoms with E-state index in [0.717, 1.165) is 13.0 Å². The Morgan fingerprint density at radius 3 is 2.76 bits per heavy atom. The molecule has 0 saturated carbocycles. The minimum absolute atomic E-state index is 0.266. The molecule has 0 fully saturated rings. The highest BCUT2D eigenvalue weighted by Gasteiger charge is 2.12. The standard InChI is InChI=1S/C13H20FNO2/c1-3-7-17-8-6-12(15)11-9-10(14)4-5-13(11)16-2/h4-5,9,12H,3,6-8,15H2,1-2H3. The van der Waals surface area contributed by atoms with Crippen LogP contribution < -0.4 is 10.5 Å². The van der Waals surface area contributed by atoms with Crippen LogP contribution in [-0.4, -0.2) is 20.3 Å². The minimum atomic E-state index is -0.300. The van der Waals surface area contributed by atoms with Crippen molar-refractivity contribution >= 4 is 0 Å². The fourth-order valence-electron chi connectivity index (χ4n) is 1.61. The number of rotatable bonds is 7. The molecule has 0 aliphatic rings. The van der Waals surface area contributed by atoms with Gasteiger partial charge in [-0.1, -0.05) is 6.92 Å². The molecule has 0 heterocycles. The largest absolute Gasteiger partial charge is 0.496 e. The normalized spacial score (nSPS) is 12.5. The van der Waals surface area contributed by atoms with Crippen molar-refractivity contribution in [3.05, 3.63) is 29.6 Å². The maximum Gasteiger partial charge on any atom is 0.123 e. The molecule has 0 saturated heterocycles. The van der Waals surface area contributed by atoms with E-state index in [1.165, 1.54) is 12.1 Å². The summed E-state index contributed by atoms with van der Waals surface area (Å²) in [7, 11) is 1.55. The Balaban J connectivity index is 2.60. The lowest BCUT2D eigenvalue weighted by atomic mass is 10.0. The van der Waals surface area contributed by atoms with Crippen LogP contribution in [0.1, 0.15) is 31.4 Å². The number of hydrogen-bond donors (Lipinski definition) is 1. The van der Waals surface area contributed by atoms with Crippen LogP contribution in [0.15, 0.2) is 18.2 Å². The molecule has 2 N–H and O–H groups in total. The molecule has 0 aliphatic heterocycles. The molecular weight excluding hydrogens is 221 g/mol. The van der Waals surface area contributed by atoms with E-state index in [1.54, 1.807) is 13.2 Å². The van der Waals surface area contributed by atoms with Gasteiger partial charge in [-0.25, -0.2) is 4.39 Å². The van der Waals surface area contributed by atoms with Crippen molar-refractivity contribution in [3.63, 3.8) is 0 Å². The molecule has 1 rings (SSSR count). The topological polar surface area (TPSA) is 44.5 Å². The summed E-state index contributed by atoms with van der Waals surface area (Å²) in [6.07, 6.45) is 1.64. The first-order valence-electron chi connectivity index (χ1n) is 5.85. The van der Waals surface area contributed by atoms with Crippen LogP contribution in [0.25, 0.3) is 0 Å². The van der Waals surface area contributed by atoms with E-state index >= 15 is 0 Å². The van der Waals surface area contributed by atoms with Gasteiger partial charge in [-0.3, -0.25) is 0 Å². The van der Waals surface area contributed by atoms with Crippen molar-refractivity contribution in [1.29, 1.82) is 0 Å². The zero-order valence-corrected chi connectivity index (χ0v) is 10.4. The van der Waals surface area contributed by atoms with Crippen molar-refractivity contribution in [1.82, 2.24) is 0 Å². The maximum atomic E-state index is 13.1. The van der Waals surface area contributed by atoms with Crippen molar-refractivity contribution in [2.24, 2.45) is 5.73 Å². The van der Waals surface area contributed by atoms with Gasteiger partial charge in [-0.15, -0.1) is 0 Å². The Morgan fingerprint density at radius 1 is 1.35 bits per heavy atom. The highest BCUT2D eigenvalue weighted by atomic mass is 19.1. The minimum Gasteiger partial charge on any atom is -0.496 e. The smallest absolute Gasteiger partial charge is 0.123 e. The van der Waals surface area contributed by atoms with E-state index in [4.69, 9.17) is 15.2 Å². The molecule has 96 valence electrons. The van der Waals surface area contributed by atoms with Gasteiger partial charge in [0.1, 0.15) is 11.6 Å². The van der Waals surface area contributed by atoms with Gasteiger partial charge in [0.25, 0.3) is 0 Å². The lowest BCUT2D eigenvalue weighted by Gasteiger charge is -2.15. The number of hydrogen-bond acceptors (Lipinski definition) is 3. The van der Waals surface area contributed by atoms with Crippen LogP contribution >= 0.6 is 0 Å². The number of ether oxygens (including phenoxy) is 2. The zero-order valence-electron chi connectivity index (χ0n) is 10.4. The van der Waals surface area contributed by atoms with Gasteiger partial charge in [0.15, 0.2) is 0 Å². The molecule has 0 aliphatic carbocycles. The van der Waals surface area contributed by atoms with Gasteiger partial charge in [0, 0.05) is 24.8 Å². The van der Waals surface area contributed by atoms with Crippen LogP contribution in [0, 0.1) is 5.82 Å². The number of nitrogens with two attached hydrogens (primary N) is 1. The first-order chi connectivity index (χ1) is 8.19. The quantitative estimate of drug-likeness (QED) is 0.746. The average Bonchev–Trinajstić information content (AvgIpc) is 2.34. The zero-order chi connectivity index (χ0) is 12.7. The van der Waals surface area contributed by atoms with E-state index < -0.39 is 0 Å². The van der Waals surface area contributed by atoms with E-state index in [1.807, 2.05) is 0 Å². The van der Waals surface area contributed by atoms with E-state index in [0.29, 0.717) is 24.3 Å². The second-order valence-corrected chi connectivity index (χ2v) is 3.89. The Bertz CT molecular complexity index is 344. The Labute approximate surface area is 102 Å². The summed E-state index contributed by atoms with van der Waals surface area (Å²) in [5.41, 5.74) is 6.68. The van der Waals surface area contributed by atoms with E-state index in [9.17, 15) is 4.39 Å². The Kier molecular flexibility index (Phi) is 5.94. The second kappa shape index (κ2) is 7.25. The number of halogens is 1. The van der Waals surface area contributed by atoms with E-state index in [2.05, 4.69) is 6.92 Å². The fraction of sp³-hybridized carbons (Fsp3) is 0.538. The van der Waals surface area contributed by atoms with Crippen molar-refractivity contribution in [2.75, 3.05) is 20.3 Å². The average molecular weight is 241 g/mol. The van der Waals surface area contributed by atoms with Gasteiger partial charge in [0.2, 0.25) is 0 Å². The van der Waals surface area contributed by atoms with Crippen LogP contribution in [0.3, 0.4) is 0 Å². The number of benzene rings is 1. The molecule has 1 aromatic rings. The van der Waals surface area contributed by atoms with Gasteiger partial charge >= 0.3 is 0 Å². The van der Waals surface area contributed by atoms with Crippen LogP contribution in [0.2, 0.25) is 0 Å². The second-order valence-electron chi connectivity index (χ2n) is 3.89. The third-order valence-electron chi connectivity index (χ3n) is 2.51. The summed E-state index contributed by atoms with van der Waals surface area (Å²) >= 11 is 0.